The minimum atomic E-state index is 0.518. The first-order valence-corrected chi connectivity index (χ1v) is 7.53. The highest BCUT2D eigenvalue weighted by atomic mass is 16.5. The van der Waals surface area contributed by atoms with E-state index in [-0.39, 0.29) is 0 Å². The SMILES string of the molecule is CC(C)CNCCCCOc1ccccc1C(C)C. The van der Waals surface area contributed by atoms with Gasteiger partial charge in [-0.3, -0.25) is 0 Å². The normalized spacial score (nSPS) is 11.3. The third kappa shape index (κ3) is 6.63. The van der Waals surface area contributed by atoms with E-state index < -0.39 is 0 Å². The summed E-state index contributed by atoms with van der Waals surface area (Å²) >= 11 is 0. The molecule has 0 aliphatic carbocycles. The van der Waals surface area contributed by atoms with Crippen molar-refractivity contribution in [2.45, 2.75) is 46.5 Å². The van der Waals surface area contributed by atoms with E-state index in [1.165, 1.54) is 12.0 Å². The molecule has 0 saturated heterocycles. The topological polar surface area (TPSA) is 21.3 Å². The van der Waals surface area contributed by atoms with E-state index in [1.54, 1.807) is 0 Å². The van der Waals surface area contributed by atoms with Crippen molar-refractivity contribution in [2.24, 2.45) is 5.92 Å². The lowest BCUT2D eigenvalue weighted by molar-refractivity contribution is 0.301. The zero-order chi connectivity index (χ0) is 14.1. The highest BCUT2D eigenvalue weighted by molar-refractivity contribution is 5.35. The van der Waals surface area contributed by atoms with Crippen LogP contribution in [0.4, 0.5) is 0 Å². The number of hydrogen-bond donors (Lipinski definition) is 1. The number of unbranched alkanes of at least 4 members (excludes halogenated alkanes) is 1. The molecule has 0 bridgehead atoms. The Kier molecular flexibility index (Phi) is 7.57. The van der Waals surface area contributed by atoms with Crippen LogP contribution in [0.2, 0.25) is 0 Å². The van der Waals surface area contributed by atoms with Crippen molar-refractivity contribution in [3.05, 3.63) is 29.8 Å². The molecule has 0 aromatic heterocycles. The predicted octanol–water partition coefficient (Wildman–Crippen LogP) is 4.21. The van der Waals surface area contributed by atoms with Gasteiger partial charge < -0.3 is 10.1 Å². The molecule has 0 saturated carbocycles. The van der Waals surface area contributed by atoms with E-state index in [0.717, 1.165) is 37.8 Å². The maximum absolute atomic E-state index is 5.90. The summed E-state index contributed by atoms with van der Waals surface area (Å²) in [6, 6.07) is 8.36. The van der Waals surface area contributed by atoms with E-state index in [2.05, 4.69) is 51.2 Å². The minimum absolute atomic E-state index is 0.518. The van der Waals surface area contributed by atoms with Crippen LogP contribution in [-0.2, 0) is 0 Å². The molecule has 2 nitrogen and oxygen atoms in total. The molecule has 108 valence electrons. The largest absolute Gasteiger partial charge is 0.493 e. The molecule has 1 aromatic carbocycles. The Labute approximate surface area is 118 Å². The van der Waals surface area contributed by atoms with Crippen molar-refractivity contribution >= 4 is 0 Å². The monoisotopic (exact) mass is 263 g/mol. The summed E-state index contributed by atoms with van der Waals surface area (Å²) in [5, 5.41) is 3.46. The maximum Gasteiger partial charge on any atom is 0.122 e. The molecular weight excluding hydrogens is 234 g/mol. The summed E-state index contributed by atoms with van der Waals surface area (Å²) in [5.41, 5.74) is 1.31. The molecule has 0 amide bonds. The Bertz CT molecular complexity index is 347. The second-order valence-electron chi connectivity index (χ2n) is 5.85. The Balaban J connectivity index is 2.19. The van der Waals surface area contributed by atoms with E-state index in [9.17, 15) is 0 Å². The molecule has 0 unspecified atom stereocenters. The van der Waals surface area contributed by atoms with Crippen molar-refractivity contribution in [3.8, 4) is 5.75 Å². The highest BCUT2D eigenvalue weighted by Crippen LogP contribution is 2.25. The van der Waals surface area contributed by atoms with Gasteiger partial charge in [-0.05, 0) is 49.4 Å². The fourth-order valence-corrected chi connectivity index (χ4v) is 2.01. The molecule has 0 atom stereocenters. The Morgan fingerprint density at radius 1 is 1.05 bits per heavy atom. The molecule has 0 fully saturated rings. The van der Waals surface area contributed by atoms with E-state index in [0.29, 0.717) is 5.92 Å². The molecule has 1 rings (SSSR count). The number of hydrogen-bond acceptors (Lipinski definition) is 2. The molecular formula is C17H29NO. The van der Waals surface area contributed by atoms with Crippen LogP contribution in [0.15, 0.2) is 24.3 Å². The fourth-order valence-electron chi connectivity index (χ4n) is 2.01. The molecule has 0 aliphatic heterocycles. The van der Waals surface area contributed by atoms with Crippen LogP contribution >= 0.6 is 0 Å². The maximum atomic E-state index is 5.90. The van der Waals surface area contributed by atoms with Gasteiger partial charge in [0.1, 0.15) is 5.75 Å². The lowest BCUT2D eigenvalue weighted by atomic mass is 10.0. The molecule has 0 radical (unpaired) electrons. The smallest absolute Gasteiger partial charge is 0.122 e. The van der Waals surface area contributed by atoms with Crippen LogP contribution in [0.25, 0.3) is 0 Å². The average molecular weight is 263 g/mol. The Hall–Kier alpha value is -1.02. The van der Waals surface area contributed by atoms with Gasteiger partial charge in [0.15, 0.2) is 0 Å². The van der Waals surface area contributed by atoms with Gasteiger partial charge in [0.05, 0.1) is 6.61 Å². The van der Waals surface area contributed by atoms with Crippen molar-refractivity contribution in [1.29, 1.82) is 0 Å². The number of rotatable bonds is 9. The van der Waals surface area contributed by atoms with Gasteiger partial charge in [-0.1, -0.05) is 45.9 Å². The zero-order valence-electron chi connectivity index (χ0n) is 12.9. The van der Waals surface area contributed by atoms with Gasteiger partial charge in [-0.15, -0.1) is 0 Å². The first-order chi connectivity index (χ1) is 9.11. The van der Waals surface area contributed by atoms with Crippen LogP contribution in [0.3, 0.4) is 0 Å². The summed E-state index contributed by atoms with van der Waals surface area (Å²) in [7, 11) is 0. The van der Waals surface area contributed by atoms with Gasteiger partial charge in [-0.25, -0.2) is 0 Å². The third-order valence-electron chi connectivity index (χ3n) is 3.10. The summed E-state index contributed by atoms with van der Waals surface area (Å²) < 4.78 is 5.90. The molecule has 1 aromatic rings. The fraction of sp³-hybridized carbons (Fsp3) is 0.647. The van der Waals surface area contributed by atoms with Crippen LogP contribution in [0.1, 0.15) is 52.0 Å². The van der Waals surface area contributed by atoms with Crippen LogP contribution in [0.5, 0.6) is 5.75 Å². The van der Waals surface area contributed by atoms with Gasteiger partial charge >= 0.3 is 0 Å². The van der Waals surface area contributed by atoms with Crippen molar-refractivity contribution in [1.82, 2.24) is 5.32 Å². The standard InChI is InChI=1S/C17H29NO/c1-14(2)13-18-11-7-8-12-19-17-10-6-5-9-16(17)15(3)4/h5-6,9-10,14-15,18H,7-8,11-13H2,1-4H3. The molecule has 0 aliphatic rings. The third-order valence-corrected chi connectivity index (χ3v) is 3.10. The number of benzene rings is 1. The van der Waals surface area contributed by atoms with Crippen molar-refractivity contribution < 1.29 is 4.74 Å². The molecule has 0 heterocycles. The van der Waals surface area contributed by atoms with E-state index >= 15 is 0 Å². The zero-order valence-corrected chi connectivity index (χ0v) is 12.9. The number of ether oxygens (including phenoxy) is 1. The predicted molar refractivity (Wildman–Crippen MR) is 83.0 cm³/mol. The summed E-state index contributed by atoms with van der Waals surface area (Å²) in [6.07, 6.45) is 2.29. The molecule has 1 N–H and O–H groups in total. The quantitative estimate of drug-likeness (QED) is 0.674. The first-order valence-electron chi connectivity index (χ1n) is 7.53. The van der Waals surface area contributed by atoms with E-state index in [1.807, 2.05) is 6.07 Å². The van der Waals surface area contributed by atoms with Crippen LogP contribution in [0, 0.1) is 5.92 Å². The second-order valence-corrected chi connectivity index (χ2v) is 5.85. The van der Waals surface area contributed by atoms with Crippen molar-refractivity contribution in [2.75, 3.05) is 19.7 Å². The minimum Gasteiger partial charge on any atom is -0.493 e. The van der Waals surface area contributed by atoms with E-state index in [4.69, 9.17) is 4.74 Å². The van der Waals surface area contributed by atoms with Gasteiger partial charge in [0, 0.05) is 0 Å². The summed E-state index contributed by atoms with van der Waals surface area (Å²) in [5.74, 6) is 2.30. The average Bonchev–Trinajstić information content (AvgIpc) is 2.37. The first kappa shape index (κ1) is 16.0. The van der Waals surface area contributed by atoms with Gasteiger partial charge in [0.2, 0.25) is 0 Å². The Morgan fingerprint density at radius 3 is 2.47 bits per heavy atom. The number of para-hydroxylation sites is 1. The van der Waals surface area contributed by atoms with Crippen LogP contribution < -0.4 is 10.1 Å². The van der Waals surface area contributed by atoms with Crippen molar-refractivity contribution in [3.63, 3.8) is 0 Å². The second kappa shape index (κ2) is 8.98. The lowest BCUT2D eigenvalue weighted by Crippen LogP contribution is -2.21. The highest BCUT2D eigenvalue weighted by Gasteiger charge is 2.06. The lowest BCUT2D eigenvalue weighted by Gasteiger charge is -2.14. The summed E-state index contributed by atoms with van der Waals surface area (Å²) in [6.45, 7) is 11.9. The van der Waals surface area contributed by atoms with Crippen LogP contribution in [-0.4, -0.2) is 19.7 Å². The van der Waals surface area contributed by atoms with Gasteiger partial charge in [-0.2, -0.15) is 0 Å². The van der Waals surface area contributed by atoms with Gasteiger partial charge in [0.25, 0.3) is 0 Å². The molecule has 19 heavy (non-hydrogen) atoms. The summed E-state index contributed by atoms with van der Waals surface area (Å²) in [4.78, 5) is 0. The number of nitrogens with one attached hydrogen (secondary N) is 1. The molecule has 0 spiro atoms. The Morgan fingerprint density at radius 2 is 1.79 bits per heavy atom. The molecule has 2 heteroatoms.